The first-order valence-electron chi connectivity index (χ1n) is 7.59. The van der Waals surface area contributed by atoms with Gasteiger partial charge in [0.15, 0.2) is 5.82 Å². The van der Waals surface area contributed by atoms with Crippen LogP contribution in [0.2, 0.25) is 5.02 Å². The number of aromatic amines is 1. The predicted octanol–water partition coefficient (Wildman–Crippen LogP) is 3.25. The number of aromatic nitrogens is 2. The minimum Gasteiger partial charge on any atom is -0.312 e. The Morgan fingerprint density at radius 3 is 3.08 bits per heavy atom. The number of nitrogens with zero attached hydrogens (tertiary/aromatic N) is 1. The molecule has 0 atom stereocenters. The Morgan fingerprint density at radius 1 is 1.33 bits per heavy atom. The van der Waals surface area contributed by atoms with E-state index in [1.165, 1.54) is 12.1 Å². The average molecular weight is 345 g/mol. The Bertz CT molecular complexity index is 953. The zero-order chi connectivity index (χ0) is 16.7. The molecule has 2 heterocycles. The van der Waals surface area contributed by atoms with Crippen molar-refractivity contribution in [3.8, 4) is 0 Å². The molecule has 5 nitrogen and oxygen atoms in total. The van der Waals surface area contributed by atoms with Crippen molar-refractivity contribution < 1.29 is 9.18 Å². The summed E-state index contributed by atoms with van der Waals surface area (Å²) in [6, 6.07) is 8.09. The highest BCUT2D eigenvalue weighted by atomic mass is 35.5. The summed E-state index contributed by atoms with van der Waals surface area (Å²) < 4.78 is 13.9. The molecular weight excluding hydrogens is 331 g/mol. The van der Waals surface area contributed by atoms with Crippen LogP contribution >= 0.6 is 11.6 Å². The summed E-state index contributed by atoms with van der Waals surface area (Å²) >= 11 is 6.10. The third-order valence-electron chi connectivity index (χ3n) is 4.20. The number of H-pyrrole nitrogens is 1. The number of hydrogen-bond acceptors (Lipinski definition) is 3. The Hall–Kier alpha value is -2.44. The lowest BCUT2D eigenvalue weighted by Gasteiger charge is -2.20. The van der Waals surface area contributed by atoms with E-state index in [2.05, 4.69) is 20.8 Å². The molecule has 1 amide bonds. The van der Waals surface area contributed by atoms with Gasteiger partial charge in [-0.15, -0.1) is 0 Å². The number of rotatable bonds is 2. The highest BCUT2D eigenvalue weighted by Crippen LogP contribution is 2.27. The van der Waals surface area contributed by atoms with E-state index in [1.807, 2.05) is 6.07 Å². The standard InChI is InChI=1S/C17H14ClFN4O/c18-14-3-1-2-12-15(14)22-23-16(12)21-17(24)13-7-10(19)6-9-8-20-5-4-11(9)13/h1-3,6-7,20H,4-5,8H2,(H2,21,22,23,24). The van der Waals surface area contributed by atoms with Gasteiger partial charge in [0, 0.05) is 17.5 Å². The first-order valence-corrected chi connectivity index (χ1v) is 7.97. The van der Waals surface area contributed by atoms with E-state index in [0.717, 1.165) is 17.7 Å². The summed E-state index contributed by atoms with van der Waals surface area (Å²) in [4.78, 5) is 12.7. The van der Waals surface area contributed by atoms with Crippen molar-refractivity contribution in [2.75, 3.05) is 11.9 Å². The Labute approximate surface area is 142 Å². The maximum atomic E-state index is 13.9. The van der Waals surface area contributed by atoms with Crippen LogP contribution in [-0.2, 0) is 13.0 Å². The number of nitrogens with one attached hydrogen (secondary N) is 3. The number of fused-ring (bicyclic) bond motifs is 2. The first kappa shape index (κ1) is 15.1. The molecule has 0 bridgehead atoms. The van der Waals surface area contributed by atoms with Gasteiger partial charge in [-0.1, -0.05) is 17.7 Å². The van der Waals surface area contributed by atoms with Crippen molar-refractivity contribution in [1.82, 2.24) is 15.5 Å². The third-order valence-corrected chi connectivity index (χ3v) is 4.51. The largest absolute Gasteiger partial charge is 0.312 e. The number of carbonyl (C=O) groups is 1. The van der Waals surface area contributed by atoms with Crippen LogP contribution in [0.15, 0.2) is 30.3 Å². The normalized spacial score (nSPS) is 13.8. The van der Waals surface area contributed by atoms with Crippen molar-refractivity contribution in [2.45, 2.75) is 13.0 Å². The number of halogens is 2. The number of carbonyl (C=O) groups excluding carboxylic acids is 1. The van der Waals surface area contributed by atoms with E-state index in [-0.39, 0.29) is 5.91 Å². The molecule has 0 saturated carbocycles. The van der Waals surface area contributed by atoms with Crippen LogP contribution in [-0.4, -0.2) is 22.6 Å². The number of anilines is 1. The third kappa shape index (κ3) is 2.53. The van der Waals surface area contributed by atoms with Gasteiger partial charge in [0.25, 0.3) is 5.91 Å². The van der Waals surface area contributed by atoms with E-state index in [4.69, 9.17) is 11.6 Å². The van der Waals surface area contributed by atoms with Gasteiger partial charge in [-0.3, -0.25) is 9.89 Å². The molecule has 0 aliphatic carbocycles. The molecule has 1 aliphatic rings. The van der Waals surface area contributed by atoms with Crippen molar-refractivity contribution in [3.05, 3.63) is 57.9 Å². The van der Waals surface area contributed by atoms with E-state index >= 15 is 0 Å². The number of hydrogen-bond donors (Lipinski definition) is 3. The lowest BCUT2D eigenvalue weighted by molar-refractivity contribution is 0.102. The first-order chi connectivity index (χ1) is 11.6. The van der Waals surface area contributed by atoms with Crippen LogP contribution in [0.1, 0.15) is 21.5 Å². The van der Waals surface area contributed by atoms with E-state index in [1.54, 1.807) is 12.1 Å². The zero-order valence-corrected chi connectivity index (χ0v) is 13.4. The van der Waals surface area contributed by atoms with E-state index in [9.17, 15) is 9.18 Å². The van der Waals surface area contributed by atoms with Gasteiger partial charge in [0.2, 0.25) is 0 Å². The minimum absolute atomic E-state index is 0.352. The second-order valence-electron chi connectivity index (χ2n) is 5.71. The summed E-state index contributed by atoms with van der Waals surface area (Å²) in [7, 11) is 0. The van der Waals surface area contributed by atoms with Crippen LogP contribution < -0.4 is 10.6 Å². The van der Waals surface area contributed by atoms with Gasteiger partial charge in [-0.05, 0) is 48.4 Å². The van der Waals surface area contributed by atoms with Crippen LogP contribution in [0.5, 0.6) is 0 Å². The maximum Gasteiger partial charge on any atom is 0.257 e. The van der Waals surface area contributed by atoms with Crippen LogP contribution in [0.3, 0.4) is 0 Å². The fourth-order valence-electron chi connectivity index (χ4n) is 3.06. The van der Waals surface area contributed by atoms with Gasteiger partial charge in [0.1, 0.15) is 5.82 Å². The molecule has 3 N–H and O–H groups in total. The minimum atomic E-state index is -0.419. The van der Waals surface area contributed by atoms with Gasteiger partial charge in [0.05, 0.1) is 10.5 Å². The smallest absolute Gasteiger partial charge is 0.257 e. The van der Waals surface area contributed by atoms with Gasteiger partial charge < -0.3 is 10.6 Å². The fourth-order valence-corrected chi connectivity index (χ4v) is 3.28. The van der Waals surface area contributed by atoms with Crippen molar-refractivity contribution in [1.29, 1.82) is 0 Å². The molecule has 0 saturated heterocycles. The van der Waals surface area contributed by atoms with Crippen molar-refractivity contribution in [3.63, 3.8) is 0 Å². The SMILES string of the molecule is O=C(Nc1n[nH]c2c(Cl)cccc12)c1cc(F)cc2c1CCNC2. The molecule has 122 valence electrons. The zero-order valence-electron chi connectivity index (χ0n) is 12.6. The second-order valence-corrected chi connectivity index (χ2v) is 6.11. The summed E-state index contributed by atoms with van der Waals surface area (Å²) in [6.45, 7) is 1.33. The highest BCUT2D eigenvalue weighted by molar-refractivity contribution is 6.35. The Morgan fingerprint density at radius 2 is 2.21 bits per heavy atom. The van der Waals surface area contributed by atoms with Gasteiger partial charge >= 0.3 is 0 Å². The van der Waals surface area contributed by atoms with Crippen molar-refractivity contribution in [2.24, 2.45) is 0 Å². The van der Waals surface area contributed by atoms with E-state index < -0.39 is 5.82 Å². The Kier molecular flexibility index (Phi) is 3.70. The maximum absolute atomic E-state index is 13.9. The van der Waals surface area contributed by atoms with E-state index in [0.29, 0.717) is 40.3 Å². The number of benzene rings is 2. The molecule has 0 spiro atoms. The monoisotopic (exact) mass is 344 g/mol. The van der Waals surface area contributed by atoms with Crippen LogP contribution in [0.4, 0.5) is 10.2 Å². The molecule has 1 aliphatic heterocycles. The highest BCUT2D eigenvalue weighted by Gasteiger charge is 2.20. The summed E-state index contributed by atoms with van der Waals surface area (Å²) in [5.41, 5.74) is 2.71. The van der Waals surface area contributed by atoms with Gasteiger partial charge in [-0.2, -0.15) is 5.10 Å². The molecule has 1 aromatic heterocycles. The molecule has 4 rings (SSSR count). The molecule has 2 aromatic carbocycles. The van der Waals surface area contributed by atoms with Crippen LogP contribution in [0, 0.1) is 5.82 Å². The molecule has 3 aromatic rings. The lowest BCUT2D eigenvalue weighted by Crippen LogP contribution is -2.27. The Balaban J connectivity index is 1.72. The van der Waals surface area contributed by atoms with Crippen LogP contribution in [0.25, 0.3) is 10.9 Å². The second kappa shape index (κ2) is 5.89. The van der Waals surface area contributed by atoms with Gasteiger partial charge in [-0.25, -0.2) is 4.39 Å². The molecule has 0 unspecified atom stereocenters. The van der Waals surface area contributed by atoms with Crippen molar-refractivity contribution >= 4 is 34.2 Å². The summed E-state index contributed by atoms with van der Waals surface area (Å²) in [5, 5.41) is 14.1. The fraction of sp³-hybridized carbons (Fsp3) is 0.176. The molecule has 0 fully saturated rings. The number of para-hydroxylation sites is 1. The summed E-state index contributed by atoms with van der Waals surface area (Å²) in [6.07, 6.45) is 0.686. The molecule has 7 heteroatoms. The molecule has 0 radical (unpaired) electrons. The summed E-state index contributed by atoms with van der Waals surface area (Å²) in [5.74, 6) is -0.414. The predicted molar refractivity (Wildman–Crippen MR) is 90.9 cm³/mol. The molecule has 24 heavy (non-hydrogen) atoms. The average Bonchev–Trinajstić information content (AvgIpc) is 2.98. The number of amides is 1. The molecular formula is C17H14ClFN4O. The topological polar surface area (TPSA) is 69.8 Å². The quantitative estimate of drug-likeness (QED) is 0.668. The lowest BCUT2D eigenvalue weighted by atomic mass is 9.94.